The zero-order valence-corrected chi connectivity index (χ0v) is 22.6. The van der Waals surface area contributed by atoms with Crippen LogP contribution in [-0.4, -0.2) is 68.8 Å². The van der Waals surface area contributed by atoms with E-state index < -0.39 is 16.8 Å². The first-order valence-corrected chi connectivity index (χ1v) is 14.2. The molecule has 9 heteroatoms. The minimum Gasteiger partial charge on any atom is -0.387 e. The molecular formula is C31H36FN5O3. The van der Waals surface area contributed by atoms with Crippen LogP contribution in [0.2, 0.25) is 0 Å². The molecule has 1 aromatic heterocycles. The van der Waals surface area contributed by atoms with Crippen molar-refractivity contribution in [3.63, 3.8) is 0 Å². The number of carbonyl (C=O) groups is 1. The number of aliphatic hydroxyl groups is 1. The molecule has 2 saturated heterocycles. The molecule has 3 aromatic rings. The molecule has 2 amide bonds. The van der Waals surface area contributed by atoms with Crippen molar-refractivity contribution in [2.45, 2.75) is 50.3 Å². The number of carbonyl (C=O) groups excluding carboxylic acids is 1. The molecule has 2 aromatic carbocycles. The molecule has 2 atom stereocenters. The van der Waals surface area contributed by atoms with Crippen molar-refractivity contribution in [3.8, 4) is 11.3 Å². The Morgan fingerprint density at radius 2 is 1.85 bits per heavy atom. The second-order valence-corrected chi connectivity index (χ2v) is 11.5. The lowest BCUT2D eigenvalue weighted by atomic mass is 9.66. The number of nitrogens with one attached hydrogen (secondary N) is 1. The van der Waals surface area contributed by atoms with Crippen LogP contribution >= 0.6 is 0 Å². The zero-order valence-electron chi connectivity index (χ0n) is 22.6. The van der Waals surface area contributed by atoms with E-state index in [0.717, 1.165) is 37.8 Å². The lowest BCUT2D eigenvalue weighted by Crippen LogP contribution is -2.64. The first kappa shape index (κ1) is 26.7. The van der Waals surface area contributed by atoms with Crippen molar-refractivity contribution < 1.29 is 14.3 Å². The third-order valence-corrected chi connectivity index (χ3v) is 9.21. The Balaban J connectivity index is 1.22. The highest BCUT2D eigenvalue weighted by atomic mass is 19.1. The van der Waals surface area contributed by atoms with E-state index in [1.807, 2.05) is 28.0 Å². The Morgan fingerprint density at radius 3 is 2.60 bits per heavy atom. The summed E-state index contributed by atoms with van der Waals surface area (Å²) >= 11 is 0. The van der Waals surface area contributed by atoms with E-state index in [1.165, 1.54) is 29.1 Å². The average molecular weight is 546 g/mol. The van der Waals surface area contributed by atoms with Gasteiger partial charge in [0.2, 0.25) is 0 Å². The van der Waals surface area contributed by atoms with E-state index in [2.05, 4.69) is 22.4 Å². The predicted octanol–water partition coefficient (Wildman–Crippen LogP) is 3.81. The van der Waals surface area contributed by atoms with Crippen molar-refractivity contribution in [1.29, 1.82) is 0 Å². The van der Waals surface area contributed by atoms with Crippen LogP contribution in [0.4, 0.5) is 9.18 Å². The van der Waals surface area contributed by atoms with E-state index >= 15 is 0 Å². The average Bonchev–Trinajstić information content (AvgIpc) is 3.46. The third kappa shape index (κ3) is 4.92. The number of rotatable bonds is 4. The summed E-state index contributed by atoms with van der Waals surface area (Å²) in [6.45, 7) is 3.10. The molecule has 1 spiro atoms. The van der Waals surface area contributed by atoms with Crippen molar-refractivity contribution >= 4 is 6.03 Å². The minimum atomic E-state index is -1.14. The second-order valence-electron chi connectivity index (χ2n) is 11.5. The monoisotopic (exact) mass is 545 g/mol. The van der Waals surface area contributed by atoms with Gasteiger partial charge in [-0.15, -0.1) is 0 Å². The number of aromatic nitrogens is 2. The number of nitrogens with zero attached hydrogens (tertiary/aromatic N) is 4. The molecule has 1 aliphatic carbocycles. The van der Waals surface area contributed by atoms with Gasteiger partial charge in [-0.05, 0) is 37.0 Å². The first-order chi connectivity index (χ1) is 19.4. The first-order valence-electron chi connectivity index (χ1n) is 14.2. The fourth-order valence-corrected chi connectivity index (χ4v) is 6.98. The van der Waals surface area contributed by atoms with Crippen LogP contribution in [-0.2, 0) is 6.54 Å². The van der Waals surface area contributed by atoms with Gasteiger partial charge in [0.25, 0.3) is 5.56 Å². The minimum absolute atomic E-state index is 0.0157. The van der Waals surface area contributed by atoms with Gasteiger partial charge >= 0.3 is 6.03 Å². The SMILES string of the molecule is O=C(N1CCC(O)(Cn2cnc(-c3cccc(F)c3)cc2=O)C2(CCCC2)C1)N1CCNCC1c1ccccc1. The maximum atomic E-state index is 13.9. The summed E-state index contributed by atoms with van der Waals surface area (Å²) < 4.78 is 15.2. The molecule has 3 fully saturated rings. The second kappa shape index (κ2) is 10.8. The van der Waals surface area contributed by atoms with Crippen LogP contribution in [0.25, 0.3) is 11.3 Å². The highest BCUT2D eigenvalue weighted by Gasteiger charge is 2.56. The Bertz CT molecular complexity index is 1420. The van der Waals surface area contributed by atoms with Gasteiger partial charge < -0.3 is 20.2 Å². The van der Waals surface area contributed by atoms with E-state index in [9.17, 15) is 19.1 Å². The topological polar surface area (TPSA) is 90.7 Å². The molecule has 6 rings (SSSR count). The highest BCUT2D eigenvalue weighted by Crippen LogP contribution is 2.51. The molecular weight excluding hydrogens is 509 g/mol. The quantitative estimate of drug-likeness (QED) is 0.521. The number of urea groups is 1. The van der Waals surface area contributed by atoms with E-state index in [4.69, 9.17) is 0 Å². The van der Waals surface area contributed by atoms with Gasteiger partial charge in [-0.3, -0.25) is 9.36 Å². The van der Waals surface area contributed by atoms with Crippen molar-refractivity contribution in [2.75, 3.05) is 32.7 Å². The number of benzene rings is 2. The molecule has 3 heterocycles. The van der Waals surface area contributed by atoms with E-state index in [0.29, 0.717) is 43.9 Å². The highest BCUT2D eigenvalue weighted by molar-refractivity contribution is 5.75. The number of likely N-dealkylation sites (tertiary alicyclic amines) is 1. The summed E-state index contributed by atoms with van der Waals surface area (Å²) in [4.78, 5) is 35.4. The van der Waals surface area contributed by atoms with Crippen LogP contribution < -0.4 is 10.9 Å². The smallest absolute Gasteiger partial charge is 0.320 e. The molecule has 40 heavy (non-hydrogen) atoms. The summed E-state index contributed by atoms with van der Waals surface area (Å²) in [6.07, 6.45) is 5.42. The Hall–Kier alpha value is -3.56. The van der Waals surface area contributed by atoms with E-state index in [-0.39, 0.29) is 24.2 Å². The molecule has 2 unspecified atom stereocenters. The molecule has 2 aliphatic heterocycles. The normalized spacial score (nSPS) is 24.4. The van der Waals surface area contributed by atoms with Gasteiger partial charge in [0, 0.05) is 49.8 Å². The number of piperazine rings is 1. The number of hydrogen-bond acceptors (Lipinski definition) is 5. The molecule has 0 bridgehead atoms. The van der Waals surface area contributed by atoms with E-state index in [1.54, 1.807) is 12.1 Å². The molecule has 0 radical (unpaired) electrons. The van der Waals surface area contributed by atoms with Gasteiger partial charge in [0.05, 0.1) is 30.2 Å². The van der Waals surface area contributed by atoms with Gasteiger partial charge in [-0.2, -0.15) is 0 Å². The van der Waals surface area contributed by atoms with Gasteiger partial charge in [0.15, 0.2) is 0 Å². The number of amides is 2. The van der Waals surface area contributed by atoms with Crippen LogP contribution in [0, 0.1) is 11.2 Å². The Kier molecular flexibility index (Phi) is 7.18. The third-order valence-electron chi connectivity index (χ3n) is 9.21. The lowest BCUT2D eigenvalue weighted by Gasteiger charge is -2.53. The van der Waals surface area contributed by atoms with Crippen molar-refractivity contribution in [1.82, 2.24) is 24.7 Å². The molecule has 2 N–H and O–H groups in total. The number of halogens is 1. The maximum absolute atomic E-state index is 13.9. The van der Waals surface area contributed by atoms with Gasteiger partial charge in [-0.25, -0.2) is 14.2 Å². The summed E-state index contributed by atoms with van der Waals surface area (Å²) in [6, 6.07) is 17.5. The fraction of sp³-hybridized carbons (Fsp3) is 0.452. The summed E-state index contributed by atoms with van der Waals surface area (Å²) in [5.74, 6) is -0.391. The summed E-state index contributed by atoms with van der Waals surface area (Å²) in [7, 11) is 0. The van der Waals surface area contributed by atoms with Gasteiger partial charge in [0.1, 0.15) is 5.82 Å². The Labute approximate surface area is 233 Å². The van der Waals surface area contributed by atoms with Crippen LogP contribution in [0.5, 0.6) is 0 Å². The van der Waals surface area contributed by atoms with Crippen molar-refractivity contribution in [3.05, 3.63) is 88.7 Å². The summed E-state index contributed by atoms with van der Waals surface area (Å²) in [5, 5.41) is 15.6. The van der Waals surface area contributed by atoms with Crippen molar-refractivity contribution in [2.24, 2.45) is 5.41 Å². The molecule has 1 saturated carbocycles. The fourth-order valence-electron chi connectivity index (χ4n) is 6.98. The molecule has 3 aliphatic rings. The van der Waals surface area contributed by atoms with Crippen LogP contribution in [0.1, 0.15) is 43.7 Å². The number of hydrogen-bond donors (Lipinski definition) is 2. The maximum Gasteiger partial charge on any atom is 0.320 e. The zero-order chi connectivity index (χ0) is 27.7. The van der Waals surface area contributed by atoms with Crippen LogP contribution in [0.15, 0.2) is 71.8 Å². The summed E-state index contributed by atoms with van der Waals surface area (Å²) in [5.41, 5.74) is 0.116. The number of piperidine rings is 1. The largest absolute Gasteiger partial charge is 0.387 e. The van der Waals surface area contributed by atoms with Crippen LogP contribution in [0.3, 0.4) is 0 Å². The standard InChI is InChI=1S/C31H36FN5O3/c32-25-10-6-9-24(17-25)26-18-28(38)36(22-34-26)21-31(40)13-15-35(20-30(31)11-4-5-12-30)29(39)37-16-14-33-19-27(37)23-7-2-1-3-8-23/h1-3,6-10,17-18,22,27,33,40H,4-5,11-16,19-21H2. The Morgan fingerprint density at radius 1 is 1.05 bits per heavy atom. The van der Waals surface area contributed by atoms with Gasteiger partial charge in [-0.1, -0.05) is 55.3 Å². The predicted molar refractivity (Wildman–Crippen MR) is 150 cm³/mol. The lowest BCUT2D eigenvalue weighted by molar-refractivity contribution is -0.137. The molecule has 210 valence electrons. The molecule has 8 nitrogen and oxygen atoms in total.